The summed E-state index contributed by atoms with van der Waals surface area (Å²) in [5.74, 6) is 0.166. The first-order chi connectivity index (χ1) is 16.4. The molecule has 1 aromatic carbocycles. The van der Waals surface area contributed by atoms with Crippen molar-refractivity contribution in [1.82, 2.24) is 14.0 Å². The molecule has 0 amide bonds. The summed E-state index contributed by atoms with van der Waals surface area (Å²) < 4.78 is 7.83. The van der Waals surface area contributed by atoms with Crippen LogP contribution in [0.4, 0.5) is 11.5 Å². The maximum Gasteiger partial charge on any atom is 0.332 e. The van der Waals surface area contributed by atoms with E-state index in [1.807, 2.05) is 0 Å². The first-order valence-corrected chi connectivity index (χ1v) is 11.5. The number of nitrogens with one attached hydrogen (secondary N) is 1. The lowest BCUT2D eigenvalue weighted by Crippen LogP contribution is -2.39. The molecule has 2 aromatic rings. The predicted octanol–water partition coefficient (Wildman–Crippen LogP) is 1.93. The van der Waals surface area contributed by atoms with Gasteiger partial charge < -0.3 is 10.1 Å². The fourth-order valence-electron chi connectivity index (χ4n) is 3.36. The first kappa shape index (κ1) is 27.8. The molecule has 35 heavy (non-hydrogen) atoms. The number of nitrogens with zero attached hydrogens (tertiary/aromatic N) is 4. The number of carbonyl (C=O) groups is 1. The van der Waals surface area contributed by atoms with Gasteiger partial charge in [-0.3, -0.25) is 33.7 Å². The molecule has 0 aliphatic heterocycles. The fourth-order valence-corrected chi connectivity index (χ4v) is 3.36. The SMILES string of the molecule is Cn1c(NCCN(CCCc2ccc([N+](=O)[O-])cc2)CCOC(=O)C(C)(C)C)cc(=O)n(C)c1=O. The van der Waals surface area contributed by atoms with Crippen molar-refractivity contribution in [2.24, 2.45) is 19.5 Å². The molecule has 1 heterocycles. The zero-order valence-electron chi connectivity index (χ0n) is 21.1. The van der Waals surface area contributed by atoms with Gasteiger partial charge in [0.1, 0.15) is 12.4 Å². The van der Waals surface area contributed by atoms with E-state index in [0.29, 0.717) is 32.0 Å². The van der Waals surface area contributed by atoms with Crippen molar-refractivity contribution in [2.45, 2.75) is 33.6 Å². The van der Waals surface area contributed by atoms with Crippen molar-refractivity contribution in [3.63, 3.8) is 0 Å². The van der Waals surface area contributed by atoms with Gasteiger partial charge in [0.2, 0.25) is 0 Å². The number of carbonyl (C=O) groups excluding carboxylic acids is 1. The van der Waals surface area contributed by atoms with Gasteiger partial charge in [-0.25, -0.2) is 4.79 Å². The van der Waals surface area contributed by atoms with Gasteiger partial charge in [-0.15, -0.1) is 0 Å². The van der Waals surface area contributed by atoms with E-state index < -0.39 is 16.0 Å². The fraction of sp³-hybridized carbons (Fsp3) is 0.542. The van der Waals surface area contributed by atoms with Gasteiger partial charge in [0, 0.05) is 51.9 Å². The molecular formula is C24H35N5O6. The Morgan fingerprint density at radius 3 is 2.34 bits per heavy atom. The second kappa shape index (κ2) is 12.3. The Kier molecular flexibility index (Phi) is 9.76. The number of hydrogen-bond donors (Lipinski definition) is 1. The summed E-state index contributed by atoms with van der Waals surface area (Å²) in [5.41, 5.74) is -0.305. The molecule has 2 rings (SSSR count). The lowest BCUT2D eigenvalue weighted by molar-refractivity contribution is -0.384. The van der Waals surface area contributed by atoms with Gasteiger partial charge in [0.25, 0.3) is 11.2 Å². The summed E-state index contributed by atoms with van der Waals surface area (Å²) in [6.45, 7) is 7.96. The average molecular weight is 490 g/mol. The first-order valence-electron chi connectivity index (χ1n) is 11.5. The number of rotatable bonds is 12. The molecule has 0 bridgehead atoms. The van der Waals surface area contributed by atoms with E-state index in [-0.39, 0.29) is 23.8 Å². The van der Waals surface area contributed by atoms with Crippen LogP contribution in [0.5, 0.6) is 0 Å². The Hall–Kier alpha value is -3.47. The number of benzene rings is 1. The van der Waals surface area contributed by atoms with Crippen LogP contribution in [0.25, 0.3) is 0 Å². The molecule has 1 N–H and O–H groups in total. The number of aryl methyl sites for hydroxylation is 1. The van der Waals surface area contributed by atoms with Crippen molar-refractivity contribution in [3.05, 3.63) is 66.8 Å². The summed E-state index contributed by atoms with van der Waals surface area (Å²) in [4.78, 5) is 48.7. The minimum absolute atomic E-state index is 0.0623. The van der Waals surface area contributed by atoms with E-state index in [9.17, 15) is 24.5 Å². The molecule has 192 valence electrons. The van der Waals surface area contributed by atoms with Crippen molar-refractivity contribution in [1.29, 1.82) is 0 Å². The monoisotopic (exact) mass is 489 g/mol. The van der Waals surface area contributed by atoms with Gasteiger partial charge >= 0.3 is 11.7 Å². The van der Waals surface area contributed by atoms with Gasteiger partial charge in [-0.05, 0) is 45.7 Å². The van der Waals surface area contributed by atoms with E-state index in [1.54, 1.807) is 40.0 Å². The minimum atomic E-state index is -0.577. The van der Waals surface area contributed by atoms with E-state index in [0.717, 1.165) is 23.0 Å². The average Bonchev–Trinajstić information content (AvgIpc) is 2.80. The van der Waals surface area contributed by atoms with Crippen LogP contribution in [-0.2, 0) is 30.0 Å². The van der Waals surface area contributed by atoms with Crippen LogP contribution in [0.1, 0.15) is 32.8 Å². The number of nitro groups is 1. The quantitative estimate of drug-likeness (QED) is 0.272. The maximum absolute atomic E-state index is 12.1. The Bertz CT molecular complexity index is 1130. The van der Waals surface area contributed by atoms with Crippen molar-refractivity contribution < 1.29 is 14.5 Å². The van der Waals surface area contributed by atoms with Crippen LogP contribution < -0.4 is 16.6 Å². The van der Waals surface area contributed by atoms with E-state index >= 15 is 0 Å². The summed E-state index contributed by atoms with van der Waals surface area (Å²) in [5, 5.41) is 14.0. The summed E-state index contributed by atoms with van der Waals surface area (Å²) in [7, 11) is 3.03. The van der Waals surface area contributed by atoms with Gasteiger partial charge in [-0.2, -0.15) is 0 Å². The third-order valence-corrected chi connectivity index (χ3v) is 5.60. The highest BCUT2D eigenvalue weighted by molar-refractivity contribution is 5.75. The molecule has 0 radical (unpaired) electrons. The lowest BCUT2D eigenvalue weighted by Gasteiger charge is -2.24. The van der Waals surface area contributed by atoms with Crippen molar-refractivity contribution in [2.75, 3.05) is 38.1 Å². The van der Waals surface area contributed by atoms with Crippen LogP contribution in [0.3, 0.4) is 0 Å². The minimum Gasteiger partial charge on any atom is -0.464 e. The highest BCUT2D eigenvalue weighted by Crippen LogP contribution is 2.15. The molecule has 0 atom stereocenters. The second-order valence-corrected chi connectivity index (χ2v) is 9.45. The number of non-ortho nitro benzene ring substituents is 1. The van der Waals surface area contributed by atoms with Crippen molar-refractivity contribution in [3.8, 4) is 0 Å². The molecule has 0 unspecified atom stereocenters. The largest absolute Gasteiger partial charge is 0.464 e. The molecular weight excluding hydrogens is 454 g/mol. The molecule has 0 saturated carbocycles. The smallest absolute Gasteiger partial charge is 0.332 e. The van der Waals surface area contributed by atoms with Gasteiger partial charge in [-0.1, -0.05) is 12.1 Å². The Balaban J connectivity index is 1.96. The van der Waals surface area contributed by atoms with Crippen LogP contribution in [-0.4, -0.2) is 57.7 Å². The molecule has 0 fully saturated rings. The predicted molar refractivity (Wildman–Crippen MR) is 134 cm³/mol. The maximum atomic E-state index is 12.1. The highest BCUT2D eigenvalue weighted by Gasteiger charge is 2.23. The number of esters is 1. The number of anilines is 1. The Labute approximate surface area is 204 Å². The number of nitro benzene ring substituents is 1. The van der Waals surface area contributed by atoms with E-state index in [4.69, 9.17) is 4.74 Å². The zero-order valence-corrected chi connectivity index (χ0v) is 21.1. The highest BCUT2D eigenvalue weighted by atomic mass is 16.6. The molecule has 0 spiro atoms. The van der Waals surface area contributed by atoms with E-state index in [2.05, 4.69) is 10.2 Å². The zero-order chi connectivity index (χ0) is 26.2. The summed E-state index contributed by atoms with van der Waals surface area (Å²) in [6.07, 6.45) is 1.54. The Morgan fingerprint density at radius 1 is 1.09 bits per heavy atom. The molecule has 0 aliphatic carbocycles. The van der Waals surface area contributed by atoms with Crippen LogP contribution in [0, 0.1) is 15.5 Å². The summed E-state index contributed by atoms with van der Waals surface area (Å²) in [6, 6.07) is 7.89. The lowest BCUT2D eigenvalue weighted by atomic mass is 9.97. The van der Waals surface area contributed by atoms with Crippen LogP contribution >= 0.6 is 0 Å². The normalized spacial score (nSPS) is 11.5. The number of ether oxygens (including phenoxy) is 1. The molecule has 11 heteroatoms. The molecule has 11 nitrogen and oxygen atoms in total. The standard InChI is InChI=1S/C24H35N5O6/c1-24(2,3)22(31)35-16-15-28(13-6-7-18-8-10-19(11-9-18)29(33)34)14-12-25-20-17-21(30)27(5)23(32)26(20)4/h8-11,17,25H,6-7,12-16H2,1-5H3. The molecule has 0 aliphatic rings. The van der Waals surface area contributed by atoms with E-state index in [1.165, 1.54) is 29.8 Å². The number of aromatic nitrogens is 2. The number of hydrogen-bond acceptors (Lipinski definition) is 8. The van der Waals surface area contributed by atoms with Crippen LogP contribution in [0.2, 0.25) is 0 Å². The summed E-state index contributed by atoms with van der Waals surface area (Å²) >= 11 is 0. The Morgan fingerprint density at radius 2 is 1.74 bits per heavy atom. The third-order valence-electron chi connectivity index (χ3n) is 5.60. The topological polar surface area (TPSA) is 129 Å². The van der Waals surface area contributed by atoms with Gasteiger partial charge in [0.15, 0.2) is 0 Å². The molecule has 1 aromatic heterocycles. The van der Waals surface area contributed by atoms with Gasteiger partial charge in [0.05, 0.1) is 10.3 Å². The third kappa shape index (κ3) is 8.36. The second-order valence-electron chi connectivity index (χ2n) is 9.45. The van der Waals surface area contributed by atoms with Crippen molar-refractivity contribution >= 4 is 17.5 Å². The van der Waals surface area contributed by atoms with Crippen LogP contribution in [0.15, 0.2) is 39.9 Å². The molecule has 0 saturated heterocycles.